The lowest BCUT2D eigenvalue weighted by molar-refractivity contribution is -0.115. The highest BCUT2D eigenvalue weighted by atomic mass is 32.2. The number of nitrogens with zero attached hydrogens (tertiary/aromatic N) is 2. The molecule has 0 saturated carbocycles. The van der Waals surface area contributed by atoms with Gasteiger partial charge in [0.1, 0.15) is 4.32 Å². The standard InChI is InChI=1S/C15H17N3OS2/c1-11(21-15(20)18-7-2-3-8-18)14(19)17-13-6-4-5-12(9-13)10-16/h4-6,9,11H,2-3,7-8H2,1H3,(H,17,19)/t11-/m1/s1. The highest BCUT2D eigenvalue weighted by molar-refractivity contribution is 8.23. The minimum absolute atomic E-state index is 0.100. The number of amides is 1. The number of nitriles is 1. The van der Waals surface area contributed by atoms with Crippen molar-refractivity contribution in [1.29, 1.82) is 5.26 Å². The van der Waals surface area contributed by atoms with Crippen molar-refractivity contribution in [1.82, 2.24) is 4.90 Å². The second kappa shape index (κ2) is 7.43. The Hall–Kier alpha value is -1.58. The fraction of sp³-hybridized carbons (Fsp3) is 0.400. The number of rotatable bonds is 3. The Morgan fingerprint density at radius 3 is 2.86 bits per heavy atom. The molecule has 21 heavy (non-hydrogen) atoms. The van der Waals surface area contributed by atoms with Crippen molar-refractivity contribution in [2.45, 2.75) is 25.0 Å². The topological polar surface area (TPSA) is 56.1 Å². The van der Waals surface area contributed by atoms with Crippen LogP contribution in [0.5, 0.6) is 0 Å². The number of hydrogen-bond acceptors (Lipinski definition) is 4. The highest BCUT2D eigenvalue weighted by Crippen LogP contribution is 2.21. The molecule has 1 saturated heterocycles. The summed E-state index contributed by atoms with van der Waals surface area (Å²) in [6.45, 7) is 3.82. The summed E-state index contributed by atoms with van der Waals surface area (Å²) in [5, 5.41) is 11.4. The van der Waals surface area contributed by atoms with Gasteiger partial charge in [0.25, 0.3) is 0 Å². The number of anilines is 1. The van der Waals surface area contributed by atoms with Crippen molar-refractivity contribution in [2.24, 2.45) is 0 Å². The van der Waals surface area contributed by atoms with Gasteiger partial charge in [-0.1, -0.05) is 30.0 Å². The average Bonchev–Trinajstić information content (AvgIpc) is 3.01. The number of benzene rings is 1. The van der Waals surface area contributed by atoms with Crippen molar-refractivity contribution in [2.75, 3.05) is 18.4 Å². The smallest absolute Gasteiger partial charge is 0.237 e. The minimum Gasteiger partial charge on any atom is -0.358 e. The predicted octanol–water partition coefficient (Wildman–Crippen LogP) is 3.00. The molecule has 1 aromatic rings. The van der Waals surface area contributed by atoms with Crippen molar-refractivity contribution < 1.29 is 4.79 Å². The number of likely N-dealkylation sites (tertiary alicyclic amines) is 1. The van der Waals surface area contributed by atoms with Gasteiger partial charge in [0.05, 0.1) is 16.9 Å². The molecule has 0 bridgehead atoms. The van der Waals surface area contributed by atoms with Crippen LogP contribution in [0.2, 0.25) is 0 Å². The lowest BCUT2D eigenvalue weighted by Gasteiger charge is -2.20. The number of carbonyl (C=O) groups is 1. The minimum atomic E-state index is -0.260. The summed E-state index contributed by atoms with van der Waals surface area (Å²) in [5.41, 5.74) is 1.17. The van der Waals surface area contributed by atoms with Crippen LogP contribution in [-0.4, -0.2) is 33.5 Å². The van der Waals surface area contributed by atoms with Crippen LogP contribution in [0.4, 0.5) is 5.69 Å². The van der Waals surface area contributed by atoms with Gasteiger partial charge >= 0.3 is 0 Å². The van der Waals surface area contributed by atoms with Gasteiger partial charge < -0.3 is 10.2 Å². The van der Waals surface area contributed by atoms with Crippen LogP contribution < -0.4 is 5.32 Å². The number of carbonyl (C=O) groups excluding carboxylic acids is 1. The summed E-state index contributed by atoms with van der Waals surface area (Å²) < 4.78 is 0.793. The van der Waals surface area contributed by atoms with Crippen LogP contribution in [0.15, 0.2) is 24.3 Å². The third-order valence-electron chi connectivity index (χ3n) is 3.27. The molecular formula is C15H17N3OS2. The first kappa shape index (κ1) is 15.8. The normalized spacial score (nSPS) is 15.3. The maximum Gasteiger partial charge on any atom is 0.237 e. The molecule has 1 aliphatic heterocycles. The van der Waals surface area contributed by atoms with Gasteiger partial charge in [-0.15, -0.1) is 0 Å². The molecule has 0 aromatic heterocycles. The van der Waals surface area contributed by atoms with E-state index in [-0.39, 0.29) is 11.2 Å². The molecule has 6 heteroatoms. The summed E-state index contributed by atoms with van der Waals surface area (Å²) in [4.78, 5) is 14.3. The van der Waals surface area contributed by atoms with E-state index in [1.165, 1.54) is 24.6 Å². The molecular weight excluding hydrogens is 302 g/mol. The summed E-state index contributed by atoms with van der Waals surface area (Å²) in [6, 6.07) is 8.94. The molecule has 0 aliphatic carbocycles. The third-order valence-corrected chi connectivity index (χ3v) is 4.84. The quantitative estimate of drug-likeness (QED) is 0.868. The van der Waals surface area contributed by atoms with Crippen LogP contribution in [0.3, 0.4) is 0 Å². The van der Waals surface area contributed by atoms with Gasteiger partial charge in [-0.05, 0) is 38.0 Å². The molecule has 0 radical (unpaired) electrons. The highest BCUT2D eigenvalue weighted by Gasteiger charge is 2.21. The zero-order valence-electron chi connectivity index (χ0n) is 11.8. The average molecular weight is 319 g/mol. The molecule has 1 aliphatic rings. The molecule has 2 rings (SSSR count). The Morgan fingerprint density at radius 1 is 1.48 bits per heavy atom. The SMILES string of the molecule is C[C@@H](SC(=S)N1CCCC1)C(=O)Nc1cccc(C#N)c1. The Kier molecular flexibility index (Phi) is 5.59. The van der Waals surface area contributed by atoms with Gasteiger partial charge in [-0.3, -0.25) is 4.79 Å². The van der Waals surface area contributed by atoms with Crippen molar-refractivity contribution in [3.63, 3.8) is 0 Å². The molecule has 0 unspecified atom stereocenters. The number of thioether (sulfide) groups is 1. The zero-order valence-corrected chi connectivity index (χ0v) is 13.5. The molecule has 110 valence electrons. The first-order valence-corrected chi connectivity index (χ1v) is 8.15. The molecule has 1 aromatic carbocycles. The summed E-state index contributed by atoms with van der Waals surface area (Å²) in [6.07, 6.45) is 2.34. The number of nitrogens with one attached hydrogen (secondary N) is 1. The van der Waals surface area contributed by atoms with E-state index in [4.69, 9.17) is 17.5 Å². The lowest BCUT2D eigenvalue weighted by atomic mass is 10.2. The van der Waals surface area contributed by atoms with Gasteiger partial charge in [0, 0.05) is 18.8 Å². The monoisotopic (exact) mass is 319 g/mol. The molecule has 1 N–H and O–H groups in total. The van der Waals surface area contributed by atoms with Crippen molar-refractivity contribution in [3.05, 3.63) is 29.8 Å². The van der Waals surface area contributed by atoms with Gasteiger partial charge in [0.15, 0.2) is 0 Å². The summed E-state index contributed by atoms with van der Waals surface area (Å²) in [7, 11) is 0. The first-order chi connectivity index (χ1) is 10.1. The molecule has 0 spiro atoms. The van der Waals surface area contributed by atoms with Crippen molar-refractivity contribution >= 4 is 39.9 Å². The second-order valence-electron chi connectivity index (χ2n) is 4.90. The first-order valence-electron chi connectivity index (χ1n) is 6.87. The maximum absolute atomic E-state index is 12.2. The van der Waals surface area contributed by atoms with E-state index in [0.29, 0.717) is 11.3 Å². The van der Waals surface area contributed by atoms with E-state index in [9.17, 15) is 4.79 Å². The zero-order chi connectivity index (χ0) is 15.2. The van der Waals surface area contributed by atoms with E-state index in [2.05, 4.69) is 16.3 Å². The Morgan fingerprint density at radius 2 is 2.19 bits per heavy atom. The molecule has 1 fully saturated rings. The van der Waals surface area contributed by atoms with E-state index >= 15 is 0 Å². The van der Waals surface area contributed by atoms with Gasteiger partial charge in [-0.25, -0.2) is 0 Å². The van der Waals surface area contributed by atoms with Crippen LogP contribution in [0.25, 0.3) is 0 Å². The van der Waals surface area contributed by atoms with Crippen LogP contribution in [0, 0.1) is 11.3 Å². The number of thiocarbonyl (C=S) groups is 1. The summed E-state index contributed by atoms with van der Waals surface area (Å²) in [5.74, 6) is -0.100. The Bertz CT molecular complexity index is 577. The van der Waals surface area contributed by atoms with E-state index in [1.54, 1.807) is 24.3 Å². The van der Waals surface area contributed by atoms with Crippen LogP contribution in [0.1, 0.15) is 25.3 Å². The maximum atomic E-state index is 12.2. The predicted molar refractivity (Wildman–Crippen MR) is 90.2 cm³/mol. The second-order valence-corrected chi connectivity index (χ2v) is 6.88. The van der Waals surface area contributed by atoms with Gasteiger partial charge in [0.2, 0.25) is 5.91 Å². The van der Waals surface area contributed by atoms with Crippen LogP contribution >= 0.6 is 24.0 Å². The van der Waals surface area contributed by atoms with Crippen LogP contribution in [-0.2, 0) is 4.79 Å². The summed E-state index contributed by atoms with van der Waals surface area (Å²) >= 11 is 6.79. The van der Waals surface area contributed by atoms with Gasteiger partial charge in [-0.2, -0.15) is 5.26 Å². The Balaban J connectivity index is 1.90. The largest absolute Gasteiger partial charge is 0.358 e. The van der Waals surface area contributed by atoms with E-state index < -0.39 is 0 Å². The molecule has 1 amide bonds. The lowest BCUT2D eigenvalue weighted by Crippen LogP contribution is -2.29. The fourth-order valence-corrected chi connectivity index (χ4v) is 3.51. The molecule has 1 heterocycles. The molecule has 1 atom stereocenters. The van der Waals surface area contributed by atoms with Crippen molar-refractivity contribution in [3.8, 4) is 6.07 Å². The molecule has 4 nitrogen and oxygen atoms in total. The Labute approximate surface area is 134 Å². The number of hydrogen-bond donors (Lipinski definition) is 1. The van der Waals surface area contributed by atoms with E-state index in [1.807, 2.05) is 6.92 Å². The van der Waals surface area contributed by atoms with E-state index in [0.717, 1.165) is 17.4 Å². The third kappa shape index (κ3) is 4.45. The fourth-order valence-electron chi connectivity index (χ4n) is 2.09.